The van der Waals surface area contributed by atoms with Crippen LogP contribution in [-0.4, -0.2) is 21.3 Å². The van der Waals surface area contributed by atoms with E-state index in [9.17, 15) is 4.79 Å². The highest BCUT2D eigenvalue weighted by Crippen LogP contribution is 2.28. The van der Waals surface area contributed by atoms with E-state index < -0.39 is 0 Å². The van der Waals surface area contributed by atoms with Crippen molar-refractivity contribution < 1.29 is 9.32 Å². The molecule has 3 rings (SSSR count). The summed E-state index contributed by atoms with van der Waals surface area (Å²) in [6.45, 7) is 5.84. The van der Waals surface area contributed by atoms with Crippen LogP contribution in [0.4, 0.5) is 5.82 Å². The zero-order chi connectivity index (χ0) is 17.1. The lowest BCUT2D eigenvalue weighted by Gasteiger charge is -2.14. The summed E-state index contributed by atoms with van der Waals surface area (Å²) >= 11 is 1.47. The number of para-hydroxylation sites is 1. The first-order valence-corrected chi connectivity index (χ1v) is 8.72. The van der Waals surface area contributed by atoms with E-state index in [1.54, 1.807) is 13.0 Å². The number of anilines is 1. The van der Waals surface area contributed by atoms with Gasteiger partial charge in [-0.15, -0.1) is 0 Å². The van der Waals surface area contributed by atoms with Gasteiger partial charge in [-0.2, -0.15) is 0 Å². The number of aryl methyl sites for hydroxylation is 2. The third-order valence-electron chi connectivity index (χ3n) is 3.70. The summed E-state index contributed by atoms with van der Waals surface area (Å²) in [6, 6.07) is 11.8. The zero-order valence-electron chi connectivity index (χ0n) is 13.9. The van der Waals surface area contributed by atoms with E-state index in [2.05, 4.69) is 28.4 Å². The summed E-state index contributed by atoms with van der Waals surface area (Å²) < 4.78 is 4.98. The fourth-order valence-electron chi connectivity index (χ4n) is 2.48. The second-order valence-electron chi connectivity index (χ2n) is 5.62. The van der Waals surface area contributed by atoms with Crippen molar-refractivity contribution in [3.63, 3.8) is 0 Å². The van der Waals surface area contributed by atoms with Gasteiger partial charge in [0.25, 0.3) is 0 Å². The standard InChI is InChI=1S/C18H19N3O2S/c1-4-15(18(22)20-16-10-12(3)23-21-16)24-17-9-11(2)13-7-5-6-8-14(13)19-17/h5-10,15H,4H2,1-3H3,(H,20,21,22). The fourth-order valence-corrected chi connectivity index (χ4v) is 3.50. The average Bonchev–Trinajstić information content (AvgIpc) is 2.97. The second kappa shape index (κ2) is 7.05. The molecule has 2 heterocycles. The molecule has 2 aromatic heterocycles. The van der Waals surface area contributed by atoms with Crippen molar-refractivity contribution in [2.75, 3.05) is 5.32 Å². The Morgan fingerprint density at radius 2 is 2.08 bits per heavy atom. The number of pyridine rings is 1. The predicted octanol–water partition coefficient (Wildman–Crippen LogP) is 4.35. The van der Waals surface area contributed by atoms with Gasteiger partial charge in [-0.05, 0) is 38.0 Å². The number of thioether (sulfide) groups is 1. The Balaban J connectivity index is 1.78. The van der Waals surface area contributed by atoms with Gasteiger partial charge >= 0.3 is 0 Å². The van der Waals surface area contributed by atoms with Crippen LogP contribution in [0, 0.1) is 13.8 Å². The summed E-state index contributed by atoms with van der Waals surface area (Å²) in [5.41, 5.74) is 2.10. The quantitative estimate of drug-likeness (QED) is 0.699. The molecular formula is C18H19N3O2S. The zero-order valence-corrected chi connectivity index (χ0v) is 14.7. The minimum absolute atomic E-state index is 0.0941. The first-order chi connectivity index (χ1) is 11.6. The van der Waals surface area contributed by atoms with Gasteiger partial charge in [0.15, 0.2) is 5.82 Å². The number of fused-ring (bicyclic) bond motifs is 1. The molecular weight excluding hydrogens is 322 g/mol. The monoisotopic (exact) mass is 341 g/mol. The van der Waals surface area contributed by atoms with Crippen molar-refractivity contribution >= 4 is 34.4 Å². The highest BCUT2D eigenvalue weighted by Gasteiger charge is 2.20. The van der Waals surface area contributed by atoms with Crippen LogP contribution in [0.5, 0.6) is 0 Å². The van der Waals surface area contributed by atoms with Crippen molar-refractivity contribution in [3.8, 4) is 0 Å². The van der Waals surface area contributed by atoms with Crippen LogP contribution in [-0.2, 0) is 4.79 Å². The summed E-state index contributed by atoms with van der Waals surface area (Å²) in [7, 11) is 0. The normalized spacial score (nSPS) is 12.3. The molecule has 1 amide bonds. The maximum Gasteiger partial charge on any atom is 0.239 e. The lowest BCUT2D eigenvalue weighted by molar-refractivity contribution is -0.115. The predicted molar refractivity (Wildman–Crippen MR) is 96.3 cm³/mol. The number of benzene rings is 1. The van der Waals surface area contributed by atoms with Gasteiger partial charge < -0.3 is 9.84 Å². The molecule has 1 atom stereocenters. The third kappa shape index (κ3) is 3.59. The molecule has 0 bridgehead atoms. The van der Waals surface area contributed by atoms with Gasteiger partial charge in [0.1, 0.15) is 5.76 Å². The third-order valence-corrected chi connectivity index (χ3v) is 4.99. The Morgan fingerprint density at radius 3 is 2.79 bits per heavy atom. The van der Waals surface area contributed by atoms with Crippen molar-refractivity contribution in [1.29, 1.82) is 0 Å². The molecule has 1 N–H and O–H groups in total. The van der Waals surface area contributed by atoms with E-state index in [1.165, 1.54) is 11.8 Å². The maximum absolute atomic E-state index is 12.5. The molecule has 6 heteroatoms. The molecule has 1 aromatic carbocycles. The van der Waals surface area contributed by atoms with E-state index in [0.29, 0.717) is 18.0 Å². The minimum atomic E-state index is -0.241. The van der Waals surface area contributed by atoms with Crippen LogP contribution in [0.25, 0.3) is 10.9 Å². The second-order valence-corrected chi connectivity index (χ2v) is 6.84. The Kier molecular flexibility index (Phi) is 4.85. The first kappa shape index (κ1) is 16.5. The Morgan fingerprint density at radius 1 is 1.29 bits per heavy atom. The number of hydrogen-bond donors (Lipinski definition) is 1. The van der Waals surface area contributed by atoms with Gasteiger partial charge in [-0.1, -0.05) is 42.0 Å². The number of aromatic nitrogens is 2. The highest BCUT2D eigenvalue weighted by atomic mass is 32.2. The summed E-state index contributed by atoms with van der Waals surface area (Å²) in [4.78, 5) is 17.1. The number of hydrogen-bond acceptors (Lipinski definition) is 5. The number of amides is 1. The lowest BCUT2D eigenvalue weighted by atomic mass is 10.1. The Bertz CT molecular complexity index is 876. The molecule has 124 valence electrons. The number of rotatable bonds is 5. The van der Waals surface area contributed by atoms with Crippen LogP contribution in [0.3, 0.4) is 0 Å². The van der Waals surface area contributed by atoms with Crippen LogP contribution in [0.15, 0.2) is 45.9 Å². The molecule has 0 spiro atoms. The van der Waals surface area contributed by atoms with E-state index in [1.807, 2.05) is 31.2 Å². The summed E-state index contributed by atoms with van der Waals surface area (Å²) in [5.74, 6) is 1.01. The van der Waals surface area contributed by atoms with Gasteiger partial charge in [0.05, 0.1) is 15.8 Å². The molecule has 0 aliphatic carbocycles. The van der Waals surface area contributed by atoms with Crippen molar-refractivity contribution in [2.45, 2.75) is 37.5 Å². The number of carbonyl (C=O) groups excluding carboxylic acids is 1. The van der Waals surface area contributed by atoms with Gasteiger partial charge in [0.2, 0.25) is 5.91 Å². The highest BCUT2D eigenvalue weighted by molar-refractivity contribution is 8.00. The molecule has 0 saturated carbocycles. The Labute approximate surface area is 144 Å². The van der Waals surface area contributed by atoms with Crippen LogP contribution >= 0.6 is 11.8 Å². The summed E-state index contributed by atoms with van der Waals surface area (Å²) in [6.07, 6.45) is 0.695. The number of nitrogens with one attached hydrogen (secondary N) is 1. The van der Waals surface area contributed by atoms with Gasteiger partial charge in [-0.25, -0.2) is 4.98 Å². The molecule has 0 aliphatic rings. The molecule has 3 aromatic rings. The van der Waals surface area contributed by atoms with Crippen LogP contribution in [0.1, 0.15) is 24.7 Å². The Hall–Kier alpha value is -2.34. The number of carbonyl (C=O) groups is 1. The molecule has 0 radical (unpaired) electrons. The molecule has 0 fully saturated rings. The maximum atomic E-state index is 12.5. The van der Waals surface area contributed by atoms with Crippen LogP contribution < -0.4 is 5.32 Å². The molecule has 1 unspecified atom stereocenters. The van der Waals surface area contributed by atoms with Crippen LogP contribution in [0.2, 0.25) is 0 Å². The fraction of sp³-hybridized carbons (Fsp3) is 0.278. The van der Waals surface area contributed by atoms with Gasteiger partial charge in [0, 0.05) is 11.5 Å². The van der Waals surface area contributed by atoms with E-state index in [4.69, 9.17) is 4.52 Å². The molecule has 24 heavy (non-hydrogen) atoms. The van der Waals surface area contributed by atoms with E-state index in [0.717, 1.165) is 21.5 Å². The summed E-state index contributed by atoms with van der Waals surface area (Å²) in [5, 5.41) is 8.34. The van der Waals surface area contributed by atoms with Gasteiger partial charge in [-0.3, -0.25) is 4.79 Å². The first-order valence-electron chi connectivity index (χ1n) is 7.84. The molecule has 5 nitrogen and oxygen atoms in total. The van der Waals surface area contributed by atoms with Crippen molar-refractivity contribution in [1.82, 2.24) is 10.1 Å². The SMILES string of the molecule is CCC(Sc1cc(C)c2ccccc2n1)C(=O)Nc1cc(C)on1. The van der Waals surface area contributed by atoms with Crippen molar-refractivity contribution in [2.24, 2.45) is 0 Å². The minimum Gasteiger partial charge on any atom is -0.360 e. The van der Waals surface area contributed by atoms with Crippen molar-refractivity contribution in [3.05, 3.63) is 47.7 Å². The number of nitrogens with zero attached hydrogens (tertiary/aromatic N) is 2. The topological polar surface area (TPSA) is 68.0 Å². The van der Waals surface area contributed by atoms with E-state index >= 15 is 0 Å². The lowest BCUT2D eigenvalue weighted by Crippen LogP contribution is -2.24. The van der Waals surface area contributed by atoms with E-state index in [-0.39, 0.29) is 11.2 Å². The molecule has 0 aliphatic heterocycles. The largest absolute Gasteiger partial charge is 0.360 e. The average molecular weight is 341 g/mol. The smallest absolute Gasteiger partial charge is 0.239 e. The molecule has 0 saturated heterocycles.